The Labute approximate surface area is 88.4 Å². The first kappa shape index (κ1) is 12.6. The van der Waals surface area contributed by atoms with E-state index in [0.29, 0.717) is 6.20 Å². The second kappa shape index (κ2) is 5.01. The molecule has 0 aliphatic carbocycles. The third-order valence-electron chi connectivity index (χ3n) is 2.05. The van der Waals surface area contributed by atoms with Crippen molar-refractivity contribution >= 4 is 0 Å². The first-order valence-corrected chi connectivity index (χ1v) is 4.42. The number of H-pyrrole nitrogens is 1. The minimum atomic E-state index is -1.84. The van der Waals surface area contributed by atoms with Gasteiger partial charge in [-0.3, -0.25) is 14.3 Å². The lowest BCUT2D eigenvalue weighted by molar-refractivity contribution is -0.101. The molecule has 7 nitrogen and oxygen atoms in total. The maximum Gasteiger partial charge on any atom is 0.328 e. The van der Waals surface area contributed by atoms with Gasteiger partial charge in [0.05, 0.1) is 18.7 Å². The Bertz CT molecular complexity index is 466. The molecule has 0 aromatic carbocycles. The third-order valence-corrected chi connectivity index (χ3v) is 2.05. The van der Waals surface area contributed by atoms with Crippen molar-refractivity contribution in [2.24, 2.45) is 5.92 Å². The number of rotatable bonds is 4. The summed E-state index contributed by atoms with van der Waals surface area (Å²) in [5, 5.41) is 26.4. The van der Waals surface area contributed by atoms with E-state index < -0.39 is 35.9 Å². The Morgan fingerprint density at radius 2 is 2.06 bits per heavy atom. The average molecular weight is 234 g/mol. The van der Waals surface area contributed by atoms with E-state index >= 15 is 0 Å². The fourth-order valence-electron chi connectivity index (χ4n) is 1.12. The van der Waals surface area contributed by atoms with Gasteiger partial charge in [-0.15, -0.1) is 0 Å². The van der Waals surface area contributed by atoms with Gasteiger partial charge in [-0.1, -0.05) is 0 Å². The van der Waals surface area contributed by atoms with Gasteiger partial charge in [-0.25, -0.2) is 4.79 Å². The van der Waals surface area contributed by atoms with E-state index in [2.05, 4.69) is 0 Å². The molecule has 0 spiro atoms. The van der Waals surface area contributed by atoms with E-state index in [1.807, 2.05) is 0 Å². The van der Waals surface area contributed by atoms with Gasteiger partial charge in [0, 0.05) is 6.54 Å². The molecule has 0 saturated carbocycles. The summed E-state index contributed by atoms with van der Waals surface area (Å²) >= 11 is 0. The van der Waals surface area contributed by atoms with Crippen molar-refractivity contribution in [3.8, 4) is 0 Å². The number of halogens is 1. The molecular formula is C8H11FN2O5. The zero-order valence-corrected chi connectivity index (χ0v) is 8.13. The van der Waals surface area contributed by atoms with Crippen LogP contribution in [0.15, 0.2) is 15.8 Å². The van der Waals surface area contributed by atoms with Gasteiger partial charge < -0.3 is 15.3 Å². The molecule has 8 heteroatoms. The van der Waals surface area contributed by atoms with E-state index in [-0.39, 0.29) is 6.54 Å². The van der Waals surface area contributed by atoms with Gasteiger partial charge in [0.25, 0.3) is 5.56 Å². The Balaban J connectivity index is 3.01. The van der Waals surface area contributed by atoms with Crippen LogP contribution >= 0.6 is 0 Å². The zero-order chi connectivity index (χ0) is 12.3. The topological polar surface area (TPSA) is 116 Å². The Morgan fingerprint density at radius 1 is 1.44 bits per heavy atom. The van der Waals surface area contributed by atoms with Crippen LogP contribution in [0.4, 0.5) is 4.39 Å². The Kier molecular flexibility index (Phi) is 3.93. The average Bonchev–Trinajstić information content (AvgIpc) is 2.21. The van der Waals surface area contributed by atoms with Crippen molar-refractivity contribution in [3.63, 3.8) is 0 Å². The summed E-state index contributed by atoms with van der Waals surface area (Å²) in [6.07, 6.45) is -1.20. The van der Waals surface area contributed by atoms with Crippen molar-refractivity contribution in [3.05, 3.63) is 32.9 Å². The number of aliphatic hydroxyl groups is 3. The van der Waals surface area contributed by atoms with Crippen molar-refractivity contribution in [1.29, 1.82) is 0 Å². The van der Waals surface area contributed by atoms with E-state index in [9.17, 15) is 14.0 Å². The summed E-state index contributed by atoms with van der Waals surface area (Å²) in [4.78, 5) is 23.6. The standard InChI is InChI=1S/C8H11FN2O5/c9-5-2-11(8(16)10-6(5)13)1-4(3-12)7(14)15/h2,4,7,12,14-15H,1,3H2,(H,10,13,16). The molecule has 0 radical (unpaired) electrons. The molecule has 0 aliphatic rings. The summed E-state index contributed by atoms with van der Waals surface area (Å²) in [7, 11) is 0. The van der Waals surface area contributed by atoms with Crippen LogP contribution in [0.5, 0.6) is 0 Å². The third kappa shape index (κ3) is 2.75. The number of hydrogen-bond acceptors (Lipinski definition) is 5. The summed E-state index contributed by atoms with van der Waals surface area (Å²) in [6.45, 7) is -0.911. The molecule has 1 atom stereocenters. The van der Waals surface area contributed by atoms with Crippen molar-refractivity contribution in [2.75, 3.05) is 6.61 Å². The SMILES string of the molecule is O=c1[nH]c(=O)n(CC(CO)C(O)O)cc1F. The molecule has 1 aromatic rings. The second-order valence-corrected chi connectivity index (χ2v) is 3.24. The minimum Gasteiger partial charge on any atom is -0.396 e. The van der Waals surface area contributed by atoms with Crippen LogP contribution in [0.3, 0.4) is 0 Å². The van der Waals surface area contributed by atoms with Gasteiger partial charge in [0.2, 0.25) is 5.82 Å². The fraction of sp³-hybridized carbons (Fsp3) is 0.500. The molecule has 0 amide bonds. The van der Waals surface area contributed by atoms with Crippen LogP contribution in [-0.4, -0.2) is 37.8 Å². The Morgan fingerprint density at radius 3 is 2.56 bits per heavy atom. The number of hydrogen-bond donors (Lipinski definition) is 4. The summed E-state index contributed by atoms with van der Waals surface area (Å²) in [5.74, 6) is -2.20. The van der Waals surface area contributed by atoms with Gasteiger partial charge in [-0.05, 0) is 0 Å². The summed E-state index contributed by atoms with van der Waals surface area (Å²) < 4.78 is 13.6. The fourth-order valence-corrected chi connectivity index (χ4v) is 1.12. The van der Waals surface area contributed by atoms with Gasteiger partial charge in [-0.2, -0.15) is 4.39 Å². The molecule has 0 bridgehead atoms. The summed E-state index contributed by atoms with van der Waals surface area (Å²) in [6, 6.07) is 0. The number of nitrogens with zero attached hydrogens (tertiary/aromatic N) is 1. The predicted octanol–water partition coefficient (Wildman–Crippen LogP) is -2.41. The first-order valence-electron chi connectivity index (χ1n) is 4.42. The van der Waals surface area contributed by atoms with Crippen molar-refractivity contribution < 1.29 is 19.7 Å². The zero-order valence-electron chi connectivity index (χ0n) is 8.13. The molecule has 1 rings (SSSR count). The van der Waals surface area contributed by atoms with Crippen LogP contribution in [0.1, 0.15) is 0 Å². The molecule has 90 valence electrons. The number of aromatic nitrogens is 2. The largest absolute Gasteiger partial charge is 0.396 e. The molecule has 1 unspecified atom stereocenters. The Hall–Kier alpha value is -1.51. The molecule has 1 aromatic heterocycles. The van der Waals surface area contributed by atoms with Gasteiger partial charge in [0.15, 0.2) is 6.29 Å². The highest BCUT2D eigenvalue weighted by molar-refractivity contribution is 4.87. The van der Waals surface area contributed by atoms with Crippen LogP contribution < -0.4 is 11.2 Å². The maximum atomic E-state index is 12.8. The lowest BCUT2D eigenvalue weighted by atomic mass is 10.1. The van der Waals surface area contributed by atoms with E-state index in [1.54, 1.807) is 4.98 Å². The normalized spacial score (nSPS) is 13.1. The van der Waals surface area contributed by atoms with Crippen LogP contribution in [0, 0.1) is 11.7 Å². The lowest BCUT2D eigenvalue weighted by Gasteiger charge is -2.16. The maximum absolute atomic E-state index is 12.8. The molecule has 1 heterocycles. The smallest absolute Gasteiger partial charge is 0.328 e. The highest BCUT2D eigenvalue weighted by Gasteiger charge is 2.17. The molecule has 4 N–H and O–H groups in total. The highest BCUT2D eigenvalue weighted by Crippen LogP contribution is 2.02. The van der Waals surface area contributed by atoms with E-state index in [0.717, 1.165) is 4.57 Å². The quantitative estimate of drug-likeness (QED) is 0.433. The predicted molar refractivity (Wildman–Crippen MR) is 50.1 cm³/mol. The molecule has 0 aliphatic heterocycles. The van der Waals surface area contributed by atoms with E-state index in [1.165, 1.54) is 0 Å². The van der Waals surface area contributed by atoms with E-state index in [4.69, 9.17) is 15.3 Å². The molecule has 0 saturated heterocycles. The number of aromatic amines is 1. The second-order valence-electron chi connectivity index (χ2n) is 3.24. The molecule has 0 fully saturated rings. The lowest BCUT2D eigenvalue weighted by Crippen LogP contribution is -2.36. The first-order chi connectivity index (χ1) is 7.45. The van der Waals surface area contributed by atoms with Crippen molar-refractivity contribution in [2.45, 2.75) is 12.8 Å². The molecule has 16 heavy (non-hydrogen) atoms. The minimum absolute atomic E-state index is 0.319. The van der Waals surface area contributed by atoms with Gasteiger partial charge in [0.1, 0.15) is 0 Å². The van der Waals surface area contributed by atoms with Crippen LogP contribution in [0.25, 0.3) is 0 Å². The number of aliphatic hydroxyl groups excluding tert-OH is 2. The molecular weight excluding hydrogens is 223 g/mol. The van der Waals surface area contributed by atoms with Crippen molar-refractivity contribution in [1.82, 2.24) is 9.55 Å². The van der Waals surface area contributed by atoms with Crippen LogP contribution in [-0.2, 0) is 6.54 Å². The monoisotopic (exact) mass is 234 g/mol. The van der Waals surface area contributed by atoms with Crippen LogP contribution in [0.2, 0.25) is 0 Å². The number of nitrogens with one attached hydrogen (secondary N) is 1. The highest BCUT2D eigenvalue weighted by atomic mass is 19.1. The van der Waals surface area contributed by atoms with Gasteiger partial charge >= 0.3 is 5.69 Å². The summed E-state index contributed by atoms with van der Waals surface area (Å²) in [5.41, 5.74) is -2.03.